The van der Waals surface area contributed by atoms with Crippen LogP contribution in [-0.2, 0) is 0 Å². The molecule has 3 N–H and O–H groups in total. The Morgan fingerprint density at radius 3 is 2.52 bits per heavy atom. The summed E-state index contributed by atoms with van der Waals surface area (Å²) in [5.41, 5.74) is 6.93. The summed E-state index contributed by atoms with van der Waals surface area (Å²) in [6, 6.07) is 16.2. The maximum atomic E-state index is 12.6. The Balaban J connectivity index is 2.02. The molecule has 0 aliphatic heterocycles. The van der Waals surface area contributed by atoms with Gasteiger partial charge in [-0.3, -0.25) is 10.2 Å². The van der Waals surface area contributed by atoms with Crippen LogP contribution in [0.2, 0.25) is 0 Å². The van der Waals surface area contributed by atoms with Crippen molar-refractivity contribution in [3.63, 3.8) is 0 Å². The highest BCUT2D eigenvalue weighted by Crippen LogP contribution is 2.26. The lowest BCUT2D eigenvalue weighted by Crippen LogP contribution is -2.45. The molecule has 0 aliphatic rings. The van der Waals surface area contributed by atoms with Crippen LogP contribution in [0, 0.1) is 0 Å². The van der Waals surface area contributed by atoms with Crippen LogP contribution in [0.15, 0.2) is 60.8 Å². The van der Waals surface area contributed by atoms with Gasteiger partial charge in [0.15, 0.2) is 0 Å². The Bertz CT molecular complexity index is 953. The number of benzene rings is 2. The predicted molar refractivity (Wildman–Crippen MR) is 101 cm³/mol. The number of aromatic nitrogens is 2. The van der Waals surface area contributed by atoms with Crippen LogP contribution >= 0.6 is 0 Å². The van der Waals surface area contributed by atoms with Crippen molar-refractivity contribution in [1.29, 1.82) is 0 Å². The van der Waals surface area contributed by atoms with E-state index in [1.807, 2.05) is 48.5 Å². The van der Waals surface area contributed by atoms with Crippen molar-refractivity contribution < 1.29 is 14.3 Å². The highest BCUT2D eigenvalue weighted by atomic mass is 16.5. The van der Waals surface area contributed by atoms with Gasteiger partial charge in [0.05, 0.1) is 18.4 Å². The fraction of sp³-hybridized carbons (Fsp3) is 0.105. The van der Waals surface area contributed by atoms with Crippen molar-refractivity contribution in [2.45, 2.75) is 0 Å². The first-order valence-electron chi connectivity index (χ1n) is 8.20. The van der Waals surface area contributed by atoms with Gasteiger partial charge in [-0.2, -0.15) is 5.10 Å². The van der Waals surface area contributed by atoms with E-state index in [9.17, 15) is 9.59 Å². The molecular formula is C19H19N5O3. The van der Waals surface area contributed by atoms with Crippen LogP contribution in [0.25, 0.3) is 16.9 Å². The monoisotopic (exact) mass is 365 g/mol. The van der Waals surface area contributed by atoms with Crippen molar-refractivity contribution in [1.82, 2.24) is 25.9 Å². The molecule has 27 heavy (non-hydrogen) atoms. The molecule has 0 spiro atoms. The Kier molecular flexibility index (Phi) is 5.36. The minimum atomic E-state index is -0.526. The number of nitrogens with zero attached hydrogens (tertiary/aromatic N) is 2. The van der Waals surface area contributed by atoms with Gasteiger partial charge in [-0.25, -0.2) is 14.9 Å². The van der Waals surface area contributed by atoms with E-state index in [0.717, 1.165) is 5.69 Å². The first kappa shape index (κ1) is 18.0. The lowest BCUT2D eigenvalue weighted by Gasteiger charge is -2.07. The van der Waals surface area contributed by atoms with E-state index < -0.39 is 11.9 Å². The zero-order chi connectivity index (χ0) is 19.2. The second kappa shape index (κ2) is 8.05. The fourth-order valence-corrected chi connectivity index (χ4v) is 2.48. The summed E-state index contributed by atoms with van der Waals surface area (Å²) in [5.74, 6) is 0.162. The van der Waals surface area contributed by atoms with Gasteiger partial charge in [-0.05, 0) is 24.3 Å². The Morgan fingerprint density at radius 1 is 1.04 bits per heavy atom. The normalized spacial score (nSPS) is 10.1. The molecule has 0 bridgehead atoms. The third kappa shape index (κ3) is 4.06. The standard InChI is InChI=1S/C19H19N5O3/c1-20-19(26)22-21-18(25)16-12-24(14-8-4-3-5-9-14)23-17(16)13-7-6-10-15(11-13)27-2/h3-12H,1-2H3,(H,21,25)(H2,20,22,26). The molecule has 8 heteroatoms. The second-order valence-corrected chi connectivity index (χ2v) is 5.56. The molecule has 0 aliphatic carbocycles. The molecular weight excluding hydrogens is 346 g/mol. The number of methoxy groups -OCH3 is 1. The summed E-state index contributed by atoms with van der Waals surface area (Å²) >= 11 is 0. The molecule has 0 radical (unpaired) electrons. The molecule has 1 aromatic heterocycles. The number of urea groups is 1. The van der Waals surface area contributed by atoms with Crippen molar-refractivity contribution in [2.75, 3.05) is 14.2 Å². The molecule has 3 amide bonds. The predicted octanol–water partition coefficient (Wildman–Crippen LogP) is 2.12. The van der Waals surface area contributed by atoms with Gasteiger partial charge >= 0.3 is 6.03 Å². The van der Waals surface area contributed by atoms with Gasteiger partial charge in [-0.1, -0.05) is 30.3 Å². The molecule has 2 aromatic carbocycles. The van der Waals surface area contributed by atoms with Gasteiger partial charge in [0.25, 0.3) is 5.91 Å². The Labute approximate surface area is 156 Å². The van der Waals surface area contributed by atoms with E-state index in [0.29, 0.717) is 22.6 Å². The summed E-state index contributed by atoms with van der Waals surface area (Å²) in [6.07, 6.45) is 1.62. The van der Waals surface area contributed by atoms with E-state index >= 15 is 0 Å². The molecule has 3 rings (SSSR count). The molecule has 138 valence electrons. The number of ether oxygens (including phenoxy) is 1. The van der Waals surface area contributed by atoms with Crippen molar-refractivity contribution in [2.24, 2.45) is 0 Å². The maximum absolute atomic E-state index is 12.6. The van der Waals surface area contributed by atoms with Gasteiger partial charge in [0.1, 0.15) is 11.4 Å². The van der Waals surface area contributed by atoms with Crippen LogP contribution in [-0.4, -0.2) is 35.9 Å². The first-order chi connectivity index (χ1) is 13.1. The number of hydrogen-bond donors (Lipinski definition) is 3. The van der Waals surface area contributed by atoms with Crippen molar-refractivity contribution in [3.8, 4) is 22.7 Å². The third-order valence-corrected chi connectivity index (χ3v) is 3.84. The topological polar surface area (TPSA) is 97.3 Å². The number of para-hydroxylation sites is 1. The summed E-state index contributed by atoms with van der Waals surface area (Å²) in [5, 5.41) is 6.93. The van der Waals surface area contributed by atoms with Gasteiger partial charge in [0, 0.05) is 18.8 Å². The molecule has 8 nitrogen and oxygen atoms in total. The van der Waals surface area contributed by atoms with E-state index in [2.05, 4.69) is 21.3 Å². The number of amides is 3. The van der Waals surface area contributed by atoms with Crippen LogP contribution in [0.4, 0.5) is 4.79 Å². The van der Waals surface area contributed by atoms with Crippen LogP contribution in [0.1, 0.15) is 10.4 Å². The molecule has 0 fully saturated rings. The van der Waals surface area contributed by atoms with Gasteiger partial charge < -0.3 is 10.1 Å². The number of hydrazine groups is 1. The average Bonchev–Trinajstić information content (AvgIpc) is 3.18. The van der Waals surface area contributed by atoms with Gasteiger partial charge in [-0.15, -0.1) is 0 Å². The van der Waals surface area contributed by atoms with E-state index in [1.54, 1.807) is 24.1 Å². The van der Waals surface area contributed by atoms with E-state index in [-0.39, 0.29) is 0 Å². The Hall–Kier alpha value is -3.81. The number of hydrogen-bond acceptors (Lipinski definition) is 4. The minimum Gasteiger partial charge on any atom is -0.497 e. The smallest absolute Gasteiger partial charge is 0.333 e. The highest BCUT2D eigenvalue weighted by Gasteiger charge is 2.19. The number of rotatable bonds is 4. The lowest BCUT2D eigenvalue weighted by atomic mass is 10.1. The molecule has 1 heterocycles. The average molecular weight is 365 g/mol. The van der Waals surface area contributed by atoms with Crippen LogP contribution in [0.5, 0.6) is 5.75 Å². The number of nitrogens with one attached hydrogen (secondary N) is 3. The van der Waals surface area contributed by atoms with Crippen molar-refractivity contribution >= 4 is 11.9 Å². The third-order valence-electron chi connectivity index (χ3n) is 3.84. The Morgan fingerprint density at radius 2 is 1.81 bits per heavy atom. The van der Waals surface area contributed by atoms with Crippen LogP contribution in [0.3, 0.4) is 0 Å². The zero-order valence-corrected chi connectivity index (χ0v) is 14.9. The van der Waals surface area contributed by atoms with Crippen molar-refractivity contribution in [3.05, 3.63) is 66.4 Å². The zero-order valence-electron chi connectivity index (χ0n) is 14.9. The number of carbonyl (C=O) groups is 2. The SMILES string of the molecule is CNC(=O)NNC(=O)c1cn(-c2ccccc2)nc1-c1cccc(OC)c1. The molecule has 0 saturated heterocycles. The maximum Gasteiger partial charge on any atom is 0.333 e. The fourth-order valence-electron chi connectivity index (χ4n) is 2.48. The van der Waals surface area contributed by atoms with E-state index in [4.69, 9.17) is 4.74 Å². The van der Waals surface area contributed by atoms with E-state index in [1.165, 1.54) is 7.05 Å². The quantitative estimate of drug-likeness (QED) is 0.617. The summed E-state index contributed by atoms with van der Waals surface area (Å²) < 4.78 is 6.88. The molecule has 0 unspecified atom stereocenters. The number of carbonyl (C=O) groups excluding carboxylic acids is 2. The summed E-state index contributed by atoms with van der Waals surface area (Å²) in [7, 11) is 3.03. The largest absolute Gasteiger partial charge is 0.497 e. The van der Waals surface area contributed by atoms with Crippen LogP contribution < -0.4 is 20.9 Å². The highest BCUT2D eigenvalue weighted by molar-refractivity contribution is 6.00. The lowest BCUT2D eigenvalue weighted by molar-refractivity contribution is 0.0937. The first-order valence-corrected chi connectivity index (χ1v) is 8.20. The second-order valence-electron chi connectivity index (χ2n) is 5.56. The van der Waals surface area contributed by atoms with Gasteiger partial charge in [0.2, 0.25) is 0 Å². The molecule has 0 atom stereocenters. The summed E-state index contributed by atoms with van der Waals surface area (Å²) in [6.45, 7) is 0. The summed E-state index contributed by atoms with van der Waals surface area (Å²) in [4.78, 5) is 24.0. The molecule has 0 saturated carbocycles. The molecule has 3 aromatic rings. The minimum absolute atomic E-state index is 0.309.